The molecule has 0 aliphatic carbocycles. The molecule has 24 heavy (non-hydrogen) atoms. The molecule has 0 aromatic carbocycles. The lowest BCUT2D eigenvalue weighted by atomic mass is 10.1. The van der Waals surface area contributed by atoms with Gasteiger partial charge in [0.15, 0.2) is 6.23 Å². The number of rotatable bonds is 4. The molecule has 0 amide bonds. The second-order valence-electron chi connectivity index (χ2n) is 6.36. The average molecular weight is 334 g/mol. The van der Waals surface area contributed by atoms with Gasteiger partial charge in [-0.25, -0.2) is 14.8 Å². The molecule has 2 fully saturated rings. The molecule has 0 radical (unpaired) electrons. The molecule has 1 atom stereocenters. The topological polar surface area (TPSA) is 67.8 Å². The van der Waals surface area contributed by atoms with Crippen LogP contribution in [-0.2, 0) is 9.47 Å². The van der Waals surface area contributed by atoms with Crippen molar-refractivity contribution < 1.29 is 14.3 Å². The molecule has 1 aromatic rings. The van der Waals surface area contributed by atoms with Crippen LogP contribution in [0, 0.1) is 6.92 Å². The summed E-state index contributed by atoms with van der Waals surface area (Å²) >= 11 is 0. The Bertz CT molecular complexity index is 569. The van der Waals surface area contributed by atoms with Gasteiger partial charge in [-0.05, 0) is 33.1 Å². The molecule has 7 nitrogen and oxygen atoms in total. The van der Waals surface area contributed by atoms with Gasteiger partial charge in [-0.3, -0.25) is 4.90 Å². The van der Waals surface area contributed by atoms with E-state index in [0.29, 0.717) is 30.3 Å². The lowest BCUT2D eigenvalue weighted by Gasteiger charge is -2.32. The minimum Gasteiger partial charge on any atom is -0.443 e. The van der Waals surface area contributed by atoms with Crippen molar-refractivity contribution in [2.45, 2.75) is 39.3 Å². The molecule has 1 aromatic heterocycles. The number of aryl methyl sites for hydroxylation is 1. The summed E-state index contributed by atoms with van der Waals surface area (Å²) in [6.07, 6.45) is 4.73. The summed E-state index contributed by atoms with van der Waals surface area (Å²) in [7, 11) is 0. The fraction of sp³-hybridized carbons (Fsp3) is 0.706. The van der Waals surface area contributed by atoms with Gasteiger partial charge in [-0.1, -0.05) is 0 Å². The zero-order valence-electron chi connectivity index (χ0n) is 14.5. The second-order valence-corrected chi connectivity index (χ2v) is 6.36. The molecule has 0 N–H and O–H groups in total. The van der Waals surface area contributed by atoms with Crippen molar-refractivity contribution in [3.63, 3.8) is 0 Å². The van der Waals surface area contributed by atoms with Crippen LogP contribution in [0.1, 0.15) is 42.2 Å². The molecule has 2 saturated heterocycles. The summed E-state index contributed by atoms with van der Waals surface area (Å²) in [6, 6.07) is 0. The average Bonchev–Trinajstić information content (AvgIpc) is 2.62. The van der Waals surface area contributed by atoms with Crippen molar-refractivity contribution >= 4 is 11.8 Å². The number of carbonyl (C=O) groups excluding carboxylic acids is 1. The largest absolute Gasteiger partial charge is 0.443 e. The Kier molecular flexibility index (Phi) is 5.63. The van der Waals surface area contributed by atoms with Gasteiger partial charge >= 0.3 is 5.97 Å². The molecular weight excluding hydrogens is 308 g/mol. The van der Waals surface area contributed by atoms with Gasteiger partial charge in [0.25, 0.3) is 0 Å². The van der Waals surface area contributed by atoms with Crippen molar-refractivity contribution in [1.82, 2.24) is 14.9 Å². The van der Waals surface area contributed by atoms with Crippen LogP contribution in [0.25, 0.3) is 0 Å². The maximum atomic E-state index is 12.8. The van der Waals surface area contributed by atoms with E-state index in [1.807, 2.05) is 13.8 Å². The van der Waals surface area contributed by atoms with E-state index in [2.05, 4.69) is 19.8 Å². The number of anilines is 1. The van der Waals surface area contributed by atoms with Crippen LogP contribution in [0.15, 0.2) is 6.33 Å². The minimum atomic E-state index is -0.340. The third-order valence-corrected chi connectivity index (χ3v) is 4.71. The Morgan fingerprint density at radius 1 is 1.17 bits per heavy atom. The minimum absolute atomic E-state index is 0.282. The number of carbonyl (C=O) groups is 1. The highest BCUT2D eigenvalue weighted by Gasteiger charge is 2.27. The maximum absolute atomic E-state index is 12.8. The molecule has 0 spiro atoms. The highest BCUT2D eigenvalue weighted by molar-refractivity contribution is 5.96. The Morgan fingerprint density at radius 3 is 2.58 bits per heavy atom. The summed E-state index contributed by atoms with van der Waals surface area (Å²) in [5.74, 6) is 0.369. The van der Waals surface area contributed by atoms with Crippen molar-refractivity contribution in [2.24, 2.45) is 0 Å². The summed E-state index contributed by atoms with van der Waals surface area (Å²) in [5.41, 5.74) is 1.17. The smallest absolute Gasteiger partial charge is 0.345 e. The van der Waals surface area contributed by atoms with Gasteiger partial charge in [0.05, 0.1) is 18.9 Å². The number of piperidine rings is 1. The van der Waals surface area contributed by atoms with Gasteiger partial charge in [0.2, 0.25) is 0 Å². The van der Waals surface area contributed by atoms with Crippen molar-refractivity contribution in [2.75, 3.05) is 44.3 Å². The standard InChI is InChI=1S/C17H26N4O3/c1-13-15(16(19-12-18-13)21-6-4-3-5-7-21)17(22)24-14(2)20-8-10-23-11-9-20/h12,14H,3-11H2,1-2H3. The highest BCUT2D eigenvalue weighted by Crippen LogP contribution is 2.24. The molecular formula is C17H26N4O3. The van der Waals surface area contributed by atoms with Crippen LogP contribution < -0.4 is 4.90 Å². The molecule has 132 valence electrons. The molecule has 3 heterocycles. The number of nitrogens with zero attached hydrogens (tertiary/aromatic N) is 4. The zero-order valence-corrected chi connectivity index (χ0v) is 14.5. The van der Waals surface area contributed by atoms with Gasteiger partial charge < -0.3 is 14.4 Å². The SMILES string of the molecule is Cc1ncnc(N2CCCCC2)c1C(=O)OC(C)N1CCOCC1. The number of ether oxygens (including phenoxy) is 2. The number of aromatic nitrogens is 2. The summed E-state index contributed by atoms with van der Waals surface area (Å²) in [4.78, 5) is 25.7. The van der Waals surface area contributed by atoms with E-state index in [1.165, 1.54) is 12.7 Å². The molecule has 2 aliphatic rings. The molecule has 0 bridgehead atoms. The van der Waals surface area contributed by atoms with E-state index in [1.54, 1.807) is 0 Å². The first kappa shape index (κ1) is 17.1. The van der Waals surface area contributed by atoms with Crippen molar-refractivity contribution in [1.29, 1.82) is 0 Å². The predicted octanol–water partition coefficient (Wildman–Crippen LogP) is 1.61. The fourth-order valence-corrected chi connectivity index (χ4v) is 3.27. The van der Waals surface area contributed by atoms with E-state index in [0.717, 1.165) is 39.0 Å². The third-order valence-electron chi connectivity index (χ3n) is 4.71. The molecule has 1 unspecified atom stereocenters. The fourth-order valence-electron chi connectivity index (χ4n) is 3.27. The summed E-state index contributed by atoms with van der Waals surface area (Å²) < 4.78 is 11.1. The third kappa shape index (κ3) is 3.84. The van der Waals surface area contributed by atoms with Crippen LogP contribution in [0.5, 0.6) is 0 Å². The van der Waals surface area contributed by atoms with E-state index in [-0.39, 0.29) is 12.2 Å². The Labute approximate surface area is 143 Å². The second kappa shape index (κ2) is 7.90. The van der Waals surface area contributed by atoms with Crippen molar-refractivity contribution in [3.05, 3.63) is 17.6 Å². The van der Waals surface area contributed by atoms with Gasteiger partial charge in [-0.2, -0.15) is 0 Å². The van der Waals surface area contributed by atoms with Crippen molar-refractivity contribution in [3.8, 4) is 0 Å². The quantitative estimate of drug-likeness (QED) is 0.775. The van der Waals surface area contributed by atoms with Crippen LogP contribution in [0.4, 0.5) is 5.82 Å². The van der Waals surface area contributed by atoms with Gasteiger partial charge in [0.1, 0.15) is 17.7 Å². The van der Waals surface area contributed by atoms with E-state index in [4.69, 9.17) is 9.47 Å². The van der Waals surface area contributed by atoms with Gasteiger partial charge in [-0.15, -0.1) is 0 Å². The van der Waals surface area contributed by atoms with Crippen LogP contribution in [0.2, 0.25) is 0 Å². The van der Waals surface area contributed by atoms with Crippen LogP contribution in [-0.4, -0.2) is 66.5 Å². The Morgan fingerprint density at radius 2 is 1.88 bits per heavy atom. The molecule has 7 heteroatoms. The predicted molar refractivity (Wildman–Crippen MR) is 90.1 cm³/mol. The molecule has 0 saturated carbocycles. The maximum Gasteiger partial charge on any atom is 0.345 e. The first-order valence-corrected chi connectivity index (χ1v) is 8.76. The van der Waals surface area contributed by atoms with E-state index < -0.39 is 0 Å². The lowest BCUT2D eigenvalue weighted by molar-refractivity contribution is -0.0636. The number of hydrogen-bond donors (Lipinski definition) is 0. The lowest BCUT2D eigenvalue weighted by Crippen LogP contribution is -2.44. The highest BCUT2D eigenvalue weighted by atomic mass is 16.6. The monoisotopic (exact) mass is 334 g/mol. The molecule has 2 aliphatic heterocycles. The summed E-state index contributed by atoms with van der Waals surface area (Å²) in [5, 5.41) is 0. The first-order chi connectivity index (χ1) is 11.7. The van der Waals surface area contributed by atoms with Crippen LogP contribution in [0.3, 0.4) is 0 Å². The number of morpholine rings is 1. The number of hydrogen-bond acceptors (Lipinski definition) is 7. The normalized spacial score (nSPS) is 20.7. The number of esters is 1. The Hall–Kier alpha value is -1.73. The van der Waals surface area contributed by atoms with E-state index >= 15 is 0 Å². The Balaban J connectivity index is 1.75. The molecule has 3 rings (SSSR count). The zero-order chi connectivity index (χ0) is 16.9. The van der Waals surface area contributed by atoms with Crippen LogP contribution >= 0.6 is 0 Å². The van der Waals surface area contributed by atoms with Gasteiger partial charge in [0, 0.05) is 26.2 Å². The van der Waals surface area contributed by atoms with E-state index in [9.17, 15) is 4.79 Å². The summed E-state index contributed by atoms with van der Waals surface area (Å²) in [6.45, 7) is 8.50. The first-order valence-electron chi connectivity index (χ1n) is 8.76.